The molecule has 0 unspecified atom stereocenters. The van der Waals surface area contributed by atoms with Crippen LogP contribution in [0.5, 0.6) is 0 Å². The van der Waals surface area contributed by atoms with Crippen LogP contribution in [0.4, 0.5) is 0 Å². The van der Waals surface area contributed by atoms with Crippen molar-refractivity contribution < 1.29 is 5.11 Å². The normalized spacial score (nSPS) is 58.8. The Hall–Kier alpha value is -0.300. The molecule has 1 heteroatoms. The van der Waals surface area contributed by atoms with Crippen molar-refractivity contribution in [1.82, 2.24) is 0 Å². The topological polar surface area (TPSA) is 20.2 Å². The fraction of sp³-hybridized carbons (Fsp3) is 0.800. The number of fused-ring (bicyclic) bond motifs is 5. The maximum absolute atomic E-state index is 9.63. The smallest absolute Gasteiger partial charge is 0.0577 e. The minimum absolute atomic E-state index is 0.0315. The molecule has 3 rings (SSSR count). The number of aliphatic hydroxyl groups is 1. The predicted molar refractivity (Wildman–Crippen MR) is 43.0 cm³/mol. The lowest BCUT2D eigenvalue weighted by atomic mass is 9.80. The Bertz CT molecular complexity index is 209. The highest BCUT2D eigenvalue weighted by Gasteiger charge is 2.51. The van der Waals surface area contributed by atoms with Gasteiger partial charge in [-0.1, -0.05) is 12.2 Å². The van der Waals surface area contributed by atoms with Gasteiger partial charge in [-0.25, -0.2) is 0 Å². The zero-order chi connectivity index (χ0) is 7.42. The number of hydrogen-bond donors (Lipinski definition) is 1. The van der Waals surface area contributed by atoms with Gasteiger partial charge in [0.1, 0.15) is 0 Å². The molecule has 1 nitrogen and oxygen atoms in total. The van der Waals surface area contributed by atoms with Crippen LogP contribution in [-0.2, 0) is 0 Å². The van der Waals surface area contributed by atoms with Crippen LogP contribution in [0.1, 0.15) is 19.3 Å². The van der Waals surface area contributed by atoms with E-state index < -0.39 is 0 Å². The van der Waals surface area contributed by atoms with Crippen LogP contribution in [0.2, 0.25) is 0 Å². The number of allylic oxidation sites excluding steroid dienone is 2. The molecule has 0 amide bonds. The molecule has 2 saturated carbocycles. The molecule has 0 aromatic heterocycles. The van der Waals surface area contributed by atoms with E-state index >= 15 is 0 Å². The molecular formula is C10H14O. The zero-order valence-corrected chi connectivity index (χ0v) is 6.61. The summed E-state index contributed by atoms with van der Waals surface area (Å²) in [6.45, 7) is 0. The van der Waals surface area contributed by atoms with Gasteiger partial charge < -0.3 is 5.11 Å². The van der Waals surface area contributed by atoms with Crippen molar-refractivity contribution >= 4 is 0 Å². The monoisotopic (exact) mass is 150 g/mol. The molecule has 0 aliphatic heterocycles. The van der Waals surface area contributed by atoms with Gasteiger partial charge in [0.25, 0.3) is 0 Å². The van der Waals surface area contributed by atoms with E-state index in [9.17, 15) is 5.11 Å². The Morgan fingerprint density at radius 3 is 3.00 bits per heavy atom. The van der Waals surface area contributed by atoms with Crippen molar-refractivity contribution in [1.29, 1.82) is 0 Å². The lowest BCUT2D eigenvalue weighted by molar-refractivity contribution is 0.0746. The quantitative estimate of drug-likeness (QED) is 0.520. The summed E-state index contributed by atoms with van der Waals surface area (Å²) in [5, 5.41) is 9.63. The van der Waals surface area contributed by atoms with Gasteiger partial charge in [0, 0.05) is 0 Å². The molecular weight excluding hydrogens is 136 g/mol. The first-order chi connectivity index (χ1) is 5.36. The molecule has 0 spiro atoms. The average molecular weight is 150 g/mol. The fourth-order valence-electron chi connectivity index (χ4n) is 3.51. The maximum atomic E-state index is 9.63. The van der Waals surface area contributed by atoms with E-state index in [1.807, 2.05) is 0 Å². The standard InChI is InChI=1S/C10H14O/c11-10-5-6-4-9(10)8-3-1-2-7(6)8/h1,3,6-11H,2,4-5H2/t6-,7-,8+,9+,10+/m0/s1. The highest BCUT2D eigenvalue weighted by molar-refractivity contribution is 5.14. The van der Waals surface area contributed by atoms with Crippen LogP contribution in [0.15, 0.2) is 12.2 Å². The Labute approximate surface area is 67.1 Å². The Kier molecular flexibility index (Phi) is 1.07. The second-order valence-electron chi connectivity index (χ2n) is 4.37. The fourth-order valence-corrected chi connectivity index (χ4v) is 3.51. The lowest BCUT2D eigenvalue weighted by Gasteiger charge is -2.27. The summed E-state index contributed by atoms with van der Waals surface area (Å²) < 4.78 is 0. The molecule has 0 radical (unpaired) electrons. The van der Waals surface area contributed by atoms with E-state index in [0.29, 0.717) is 5.92 Å². The second kappa shape index (κ2) is 1.89. The molecule has 2 fully saturated rings. The highest BCUT2D eigenvalue weighted by Crippen LogP contribution is 2.56. The third kappa shape index (κ3) is 0.652. The van der Waals surface area contributed by atoms with E-state index in [-0.39, 0.29) is 6.10 Å². The van der Waals surface area contributed by atoms with Crippen molar-refractivity contribution in [2.75, 3.05) is 0 Å². The van der Waals surface area contributed by atoms with Crippen LogP contribution in [0.3, 0.4) is 0 Å². The summed E-state index contributed by atoms with van der Waals surface area (Å²) in [6, 6.07) is 0. The SMILES string of the molecule is O[C@@H]1C[C@@H]2C[C@@H]1[C@@H]1C=CC[C@@H]21. The Balaban J connectivity index is 1.94. The lowest BCUT2D eigenvalue weighted by Crippen LogP contribution is -2.27. The molecule has 5 atom stereocenters. The second-order valence-corrected chi connectivity index (χ2v) is 4.37. The van der Waals surface area contributed by atoms with Crippen LogP contribution >= 0.6 is 0 Å². The summed E-state index contributed by atoms with van der Waals surface area (Å²) in [6.07, 6.45) is 8.38. The van der Waals surface area contributed by atoms with Gasteiger partial charge in [-0.3, -0.25) is 0 Å². The zero-order valence-electron chi connectivity index (χ0n) is 6.61. The third-order valence-electron chi connectivity index (χ3n) is 3.97. The first-order valence-electron chi connectivity index (χ1n) is 4.71. The van der Waals surface area contributed by atoms with Gasteiger partial charge in [0.15, 0.2) is 0 Å². The van der Waals surface area contributed by atoms with Crippen LogP contribution < -0.4 is 0 Å². The average Bonchev–Trinajstić information content (AvgIpc) is 2.52. The van der Waals surface area contributed by atoms with Gasteiger partial charge in [-0.2, -0.15) is 0 Å². The molecule has 0 heterocycles. The minimum Gasteiger partial charge on any atom is -0.393 e. The van der Waals surface area contributed by atoms with Gasteiger partial charge >= 0.3 is 0 Å². The molecule has 2 bridgehead atoms. The molecule has 0 saturated heterocycles. The van der Waals surface area contributed by atoms with Crippen molar-refractivity contribution in [3.63, 3.8) is 0 Å². The summed E-state index contributed by atoms with van der Waals surface area (Å²) >= 11 is 0. The van der Waals surface area contributed by atoms with E-state index in [1.165, 1.54) is 12.8 Å². The van der Waals surface area contributed by atoms with Gasteiger partial charge in [-0.15, -0.1) is 0 Å². The number of aliphatic hydroxyl groups excluding tert-OH is 1. The van der Waals surface area contributed by atoms with Gasteiger partial charge in [-0.05, 0) is 42.9 Å². The van der Waals surface area contributed by atoms with Crippen molar-refractivity contribution in [3.05, 3.63) is 12.2 Å². The first kappa shape index (κ1) is 6.24. The van der Waals surface area contributed by atoms with E-state index in [0.717, 1.165) is 24.2 Å². The first-order valence-corrected chi connectivity index (χ1v) is 4.71. The largest absolute Gasteiger partial charge is 0.393 e. The maximum Gasteiger partial charge on any atom is 0.0577 e. The van der Waals surface area contributed by atoms with Gasteiger partial charge in [0.05, 0.1) is 6.10 Å². The molecule has 11 heavy (non-hydrogen) atoms. The molecule has 0 aromatic carbocycles. The number of rotatable bonds is 0. The van der Waals surface area contributed by atoms with Gasteiger partial charge in [0.2, 0.25) is 0 Å². The van der Waals surface area contributed by atoms with Crippen molar-refractivity contribution in [2.24, 2.45) is 23.7 Å². The van der Waals surface area contributed by atoms with E-state index in [4.69, 9.17) is 0 Å². The van der Waals surface area contributed by atoms with Crippen LogP contribution in [-0.4, -0.2) is 11.2 Å². The van der Waals surface area contributed by atoms with Crippen LogP contribution in [0.25, 0.3) is 0 Å². The van der Waals surface area contributed by atoms with E-state index in [2.05, 4.69) is 12.2 Å². The van der Waals surface area contributed by atoms with Crippen molar-refractivity contribution in [2.45, 2.75) is 25.4 Å². The summed E-state index contributed by atoms with van der Waals surface area (Å²) in [5.41, 5.74) is 0. The van der Waals surface area contributed by atoms with E-state index in [1.54, 1.807) is 0 Å². The Morgan fingerprint density at radius 1 is 1.18 bits per heavy atom. The summed E-state index contributed by atoms with van der Waals surface area (Å²) in [4.78, 5) is 0. The third-order valence-corrected chi connectivity index (χ3v) is 3.97. The molecule has 0 aromatic rings. The minimum atomic E-state index is 0.0315. The molecule has 60 valence electrons. The Morgan fingerprint density at radius 2 is 2.09 bits per heavy atom. The molecule has 3 aliphatic carbocycles. The summed E-state index contributed by atoms with van der Waals surface area (Å²) in [7, 11) is 0. The molecule has 1 N–H and O–H groups in total. The van der Waals surface area contributed by atoms with Crippen LogP contribution in [0, 0.1) is 23.7 Å². The number of hydrogen-bond acceptors (Lipinski definition) is 1. The highest BCUT2D eigenvalue weighted by atomic mass is 16.3. The molecule has 3 aliphatic rings. The van der Waals surface area contributed by atoms with Crippen molar-refractivity contribution in [3.8, 4) is 0 Å². The predicted octanol–water partition coefficient (Wildman–Crippen LogP) is 1.58. The summed E-state index contributed by atoms with van der Waals surface area (Å²) in [5.74, 6) is 3.16.